The molecule has 1 fully saturated rings. The van der Waals surface area contributed by atoms with Crippen LogP contribution in [0.25, 0.3) is 0 Å². The molecule has 3 atom stereocenters. The lowest BCUT2D eigenvalue weighted by molar-refractivity contribution is 0.0852. The molecule has 138 valence electrons. The molecule has 0 aromatic heterocycles. The summed E-state index contributed by atoms with van der Waals surface area (Å²) in [6, 6.07) is 11.9. The van der Waals surface area contributed by atoms with E-state index in [-0.39, 0.29) is 17.4 Å². The van der Waals surface area contributed by atoms with E-state index in [1.165, 1.54) is 32.0 Å². The maximum Gasteiger partial charge on any atom is 0.408 e. The standard InChI is InChI=1S/C20H20F3NO2/c1-20(2,23)18(22)14-5-3-4-12(10-14)11-16-17(26-19(25)24-16)13-6-8-15(21)9-7-13/h3-10,16-18H,11H2,1-2H3,(H,24,25). The molecule has 3 rings (SSSR count). The van der Waals surface area contributed by atoms with Crippen LogP contribution in [-0.4, -0.2) is 17.8 Å². The summed E-state index contributed by atoms with van der Waals surface area (Å²) >= 11 is 0. The number of nitrogens with one attached hydrogen (secondary N) is 1. The lowest BCUT2D eigenvalue weighted by Gasteiger charge is -2.21. The summed E-state index contributed by atoms with van der Waals surface area (Å²) < 4.78 is 46.6. The molecule has 2 aromatic carbocycles. The summed E-state index contributed by atoms with van der Waals surface area (Å²) in [5.74, 6) is -0.377. The number of rotatable bonds is 5. The van der Waals surface area contributed by atoms with Gasteiger partial charge in [-0.2, -0.15) is 0 Å². The quantitative estimate of drug-likeness (QED) is 0.814. The first-order valence-corrected chi connectivity index (χ1v) is 8.38. The molecule has 1 aliphatic rings. The molecule has 0 bridgehead atoms. The van der Waals surface area contributed by atoms with E-state index in [4.69, 9.17) is 4.74 Å². The van der Waals surface area contributed by atoms with E-state index in [1.54, 1.807) is 30.3 Å². The van der Waals surface area contributed by atoms with Crippen molar-refractivity contribution in [3.05, 3.63) is 71.0 Å². The Morgan fingerprint density at radius 2 is 1.88 bits per heavy atom. The van der Waals surface area contributed by atoms with E-state index in [0.717, 1.165) is 5.56 Å². The Balaban J connectivity index is 1.81. The van der Waals surface area contributed by atoms with Crippen molar-refractivity contribution in [3.8, 4) is 0 Å². The highest BCUT2D eigenvalue weighted by molar-refractivity contribution is 5.70. The van der Waals surface area contributed by atoms with Gasteiger partial charge in [0, 0.05) is 0 Å². The molecule has 0 saturated carbocycles. The molecule has 3 nitrogen and oxygen atoms in total. The normalized spacial score (nSPS) is 21.2. The number of hydrogen-bond donors (Lipinski definition) is 1. The fourth-order valence-corrected chi connectivity index (χ4v) is 3.10. The van der Waals surface area contributed by atoms with E-state index in [9.17, 15) is 18.0 Å². The number of cyclic esters (lactones) is 1. The molecular formula is C20H20F3NO2. The van der Waals surface area contributed by atoms with Crippen molar-refractivity contribution in [3.63, 3.8) is 0 Å². The van der Waals surface area contributed by atoms with E-state index >= 15 is 0 Å². The van der Waals surface area contributed by atoms with E-state index in [2.05, 4.69) is 5.32 Å². The number of halogens is 3. The van der Waals surface area contributed by atoms with Gasteiger partial charge >= 0.3 is 6.09 Å². The first-order chi connectivity index (χ1) is 12.2. The van der Waals surface area contributed by atoms with Gasteiger partial charge in [0.1, 0.15) is 17.6 Å². The van der Waals surface area contributed by atoms with Crippen LogP contribution in [0.4, 0.5) is 18.0 Å². The highest BCUT2D eigenvalue weighted by atomic mass is 19.2. The molecule has 1 aliphatic heterocycles. The Hall–Kier alpha value is -2.50. The maximum atomic E-state index is 14.3. The molecule has 3 unspecified atom stereocenters. The molecule has 0 spiro atoms. The summed E-state index contributed by atoms with van der Waals surface area (Å²) in [6.07, 6.45) is -2.51. The molecule has 26 heavy (non-hydrogen) atoms. The maximum absolute atomic E-state index is 14.3. The van der Waals surface area contributed by atoms with Crippen LogP contribution >= 0.6 is 0 Å². The average Bonchev–Trinajstić information content (AvgIpc) is 2.94. The van der Waals surface area contributed by atoms with Crippen molar-refractivity contribution < 1.29 is 22.7 Å². The highest BCUT2D eigenvalue weighted by Gasteiger charge is 2.36. The number of hydrogen-bond acceptors (Lipinski definition) is 2. The predicted octanol–water partition coefficient (Wildman–Crippen LogP) is 4.98. The molecular weight excluding hydrogens is 343 g/mol. The Bertz CT molecular complexity index is 786. The second-order valence-electron chi connectivity index (χ2n) is 7.00. The number of alkyl carbamates (subject to hydrolysis) is 1. The van der Waals surface area contributed by atoms with E-state index in [0.29, 0.717) is 12.0 Å². The van der Waals surface area contributed by atoms with E-state index < -0.39 is 24.0 Å². The van der Waals surface area contributed by atoms with Crippen molar-refractivity contribution in [2.24, 2.45) is 0 Å². The lowest BCUT2D eigenvalue weighted by atomic mass is 9.93. The van der Waals surface area contributed by atoms with Gasteiger partial charge in [0.2, 0.25) is 0 Å². The first kappa shape index (κ1) is 18.3. The Morgan fingerprint density at radius 1 is 1.19 bits per heavy atom. The third kappa shape index (κ3) is 4.00. The molecule has 0 aliphatic carbocycles. The summed E-state index contributed by atoms with van der Waals surface area (Å²) in [6.45, 7) is 2.39. The smallest absolute Gasteiger partial charge is 0.408 e. The van der Waals surface area contributed by atoms with Crippen LogP contribution in [0.15, 0.2) is 48.5 Å². The Kier molecular flexibility index (Phi) is 4.94. The summed E-state index contributed by atoms with van der Waals surface area (Å²) in [4.78, 5) is 11.7. The molecule has 6 heteroatoms. The zero-order valence-corrected chi connectivity index (χ0v) is 14.5. The summed E-state index contributed by atoms with van der Waals surface area (Å²) in [7, 11) is 0. The number of ether oxygens (including phenoxy) is 1. The average molecular weight is 363 g/mol. The summed E-state index contributed by atoms with van der Waals surface area (Å²) in [5, 5.41) is 2.72. The minimum absolute atomic E-state index is 0.249. The third-order valence-electron chi connectivity index (χ3n) is 4.40. The van der Waals surface area contributed by atoms with Gasteiger partial charge in [-0.3, -0.25) is 0 Å². The van der Waals surface area contributed by atoms with Gasteiger partial charge in [0.15, 0.2) is 6.17 Å². The molecule has 1 saturated heterocycles. The van der Waals surface area contributed by atoms with Crippen LogP contribution in [0.2, 0.25) is 0 Å². The number of amides is 1. The van der Waals surface area contributed by atoms with Crippen LogP contribution in [0.3, 0.4) is 0 Å². The highest BCUT2D eigenvalue weighted by Crippen LogP contribution is 2.34. The van der Waals surface area contributed by atoms with Crippen LogP contribution in [0.1, 0.15) is 42.8 Å². The van der Waals surface area contributed by atoms with Gasteiger partial charge in [-0.05, 0) is 49.1 Å². The zero-order valence-electron chi connectivity index (χ0n) is 14.5. The number of carbonyl (C=O) groups excluding carboxylic acids is 1. The van der Waals surface area contributed by atoms with Gasteiger partial charge in [0.05, 0.1) is 6.04 Å². The monoisotopic (exact) mass is 363 g/mol. The molecule has 0 radical (unpaired) electrons. The minimum Gasteiger partial charge on any atom is -0.439 e. The van der Waals surface area contributed by atoms with Crippen molar-refractivity contribution in [2.45, 2.75) is 44.3 Å². The van der Waals surface area contributed by atoms with Crippen molar-refractivity contribution in [1.82, 2.24) is 5.32 Å². The Morgan fingerprint density at radius 3 is 2.54 bits per heavy atom. The van der Waals surface area contributed by atoms with Crippen LogP contribution in [-0.2, 0) is 11.2 Å². The van der Waals surface area contributed by atoms with Gasteiger partial charge in [-0.1, -0.05) is 36.4 Å². The Labute approximate surface area is 150 Å². The number of benzene rings is 2. The van der Waals surface area contributed by atoms with Crippen molar-refractivity contribution in [2.75, 3.05) is 0 Å². The molecule has 1 N–H and O–H groups in total. The predicted molar refractivity (Wildman–Crippen MR) is 91.7 cm³/mol. The number of carbonyl (C=O) groups is 1. The third-order valence-corrected chi connectivity index (χ3v) is 4.40. The lowest BCUT2D eigenvalue weighted by Crippen LogP contribution is -2.30. The van der Waals surface area contributed by atoms with Gasteiger partial charge in [0.25, 0.3) is 0 Å². The largest absolute Gasteiger partial charge is 0.439 e. The van der Waals surface area contributed by atoms with Crippen molar-refractivity contribution in [1.29, 1.82) is 0 Å². The van der Waals surface area contributed by atoms with Gasteiger partial charge in [-0.25, -0.2) is 18.0 Å². The van der Waals surface area contributed by atoms with Crippen LogP contribution in [0.5, 0.6) is 0 Å². The molecule has 1 amide bonds. The second-order valence-corrected chi connectivity index (χ2v) is 7.00. The zero-order chi connectivity index (χ0) is 18.9. The molecule has 1 heterocycles. The molecule has 2 aromatic rings. The SMILES string of the molecule is CC(C)(F)C(F)c1cccc(CC2NC(=O)OC2c2ccc(F)cc2)c1. The van der Waals surface area contributed by atoms with Gasteiger partial charge in [-0.15, -0.1) is 0 Å². The van der Waals surface area contributed by atoms with E-state index in [1.807, 2.05) is 0 Å². The van der Waals surface area contributed by atoms with Gasteiger partial charge < -0.3 is 10.1 Å². The van der Waals surface area contributed by atoms with Crippen LogP contribution < -0.4 is 5.32 Å². The second kappa shape index (κ2) is 7.02. The first-order valence-electron chi connectivity index (χ1n) is 8.38. The summed E-state index contributed by atoms with van der Waals surface area (Å²) in [5.41, 5.74) is -0.324. The topological polar surface area (TPSA) is 38.3 Å². The fourth-order valence-electron chi connectivity index (χ4n) is 3.10. The van der Waals surface area contributed by atoms with Crippen LogP contribution in [0, 0.1) is 5.82 Å². The fraction of sp³-hybridized carbons (Fsp3) is 0.350. The minimum atomic E-state index is -1.99. The van der Waals surface area contributed by atoms with Crippen molar-refractivity contribution >= 4 is 6.09 Å². The number of alkyl halides is 2.